The number of likely N-dealkylation sites (tertiary alicyclic amines) is 1. The van der Waals surface area contributed by atoms with Crippen molar-refractivity contribution in [2.45, 2.75) is 37.1 Å². The highest BCUT2D eigenvalue weighted by atomic mass is 32.1. The van der Waals surface area contributed by atoms with Crippen LogP contribution in [0.2, 0.25) is 0 Å². The highest BCUT2D eigenvalue weighted by Gasteiger charge is 2.40. The molecule has 0 bridgehead atoms. The van der Waals surface area contributed by atoms with Gasteiger partial charge in [0.1, 0.15) is 12.4 Å². The molecule has 2 N–H and O–H groups in total. The van der Waals surface area contributed by atoms with Crippen molar-refractivity contribution in [3.63, 3.8) is 0 Å². The monoisotopic (exact) mass is 444 g/mol. The van der Waals surface area contributed by atoms with Gasteiger partial charge in [-0.3, -0.25) is 24.4 Å². The number of thiol groups is 1. The third kappa shape index (κ3) is 5.06. The van der Waals surface area contributed by atoms with Crippen molar-refractivity contribution < 1.29 is 19.2 Å². The zero-order valence-electron chi connectivity index (χ0n) is 16.9. The number of nitrogens with zero attached hydrogens (tertiary/aromatic N) is 3. The largest absolute Gasteiger partial charge is 0.297 e. The molecule has 1 saturated carbocycles. The maximum absolute atomic E-state index is 14.6. The second-order valence-electron chi connectivity index (χ2n) is 8.07. The van der Waals surface area contributed by atoms with Gasteiger partial charge >= 0.3 is 0 Å². The molecule has 2 unspecified atom stereocenters. The van der Waals surface area contributed by atoms with E-state index in [9.17, 15) is 14.0 Å². The summed E-state index contributed by atoms with van der Waals surface area (Å²) in [6.07, 6.45) is 6.01. The van der Waals surface area contributed by atoms with E-state index in [4.69, 9.17) is 17.8 Å². The van der Waals surface area contributed by atoms with Crippen LogP contribution in [0.4, 0.5) is 4.39 Å². The first-order valence-electron chi connectivity index (χ1n) is 10.3. The molecule has 1 aromatic heterocycles. The zero-order chi connectivity index (χ0) is 22.0. The maximum Gasteiger partial charge on any atom is 0.265 e. The topological polar surface area (TPSA) is 87.5 Å². The molecule has 7 nitrogen and oxygen atoms in total. The number of amides is 1. The number of nitrogens with one attached hydrogen (secondary N) is 1. The third-order valence-electron chi connectivity index (χ3n) is 5.74. The Morgan fingerprint density at radius 3 is 2.77 bits per heavy atom. The fraction of sp³-hybridized carbons (Fsp3) is 0.409. The number of aromatic nitrogens is 2. The van der Waals surface area contributed by atoms with Crippen molar-refractivity contribution in [1.29, 1.82) is 0 Å². The van der Waals surface area contributed by atoms with Crippen LogP contribution >= 0.6 is 12.6 Å². The van der Waals surface area contributed by atoms with Gasteiger partial charge in [-0.25, -0.2) is 9.87 Å². The molecule has 2 fully saturated rings. The summed E-state index contributed by atoms with van der Waals surface area (Å²) in [6.45, 7) is 1.03. The highest BCUT2D eigenvalue weighted by Crippen LogP contribution is 2.39. The minimum Gasteiger partial charge on any atom is -0.297 e. The SMILES string of the molecule is O=C(Cn1ccc(/C=C2\CN(C(C(=O)C3CC3)c3ccccc3F)CCC2S)n1)NO. The number of carbonyl (C=O) groups is 2. The summed E-state index contributed by atoms with van der Waals surface area (Å²) in [4.78, 5) is 26.5. The molecule has 1 amide bonds. The average molecular weight is 445 g/mol. The van der Waals surface area contributed by atoms with Gasteiger partial charge in [0.25, 0.3) is 5.91 Å². The molecule has 1 aliphatic heterocycles. The standard InChI is InChI=1S/C22H25FN4O3S/c23-18-4-2-1-3-17(18)21(22(29)14-5-6-14)26-9-8-19(31)15(12-26)11-16-7-10-27(24-16)13-20(28)25-30/h1-4,7,10-11,14,19,21,30-31H,5-6,8-9,12-13H2,(H,25,28)/b15-11+. The van der Waals surface area contributed by atoms with E-state index >= 15 is 0 Å². The van der Waals surface area contributed by atoms with Crippen LogP contribution in [-0.2, 0) is 16.1 Å². The number of benzene rings is 1. The molecule has 1 aliphatic carbocycles. The Kier molecular flexibility index (Phi) is 6.54. The fourth-order valence-electron chi connectivity index (χ4n) is 3.99. The molecular formula is C22H25FN4O3S. The van der Waals surface area contributed by atoms with Crippen LogP contribution in [0.15, 0.2) is 42.1 Å². The third-order valence-corrected chi connectivity index (χ3v) is 6.33. The van der Waals surface area contributed by atoms with Crippen LogP contribution < -0.4 is 5.48 Å². The Hall–Kier alpha value is -2.49. The minimum absolute atomic E-state index is 0.000521. The van der Waals surface area contributed by atoms with Gasteiger partial charge in [0, 0.05) is 36.0 Å². The lowest BCUT2D eigenvalue weighted by Crippen LogP contribution is -2.42. The molecule has 9 heteroatoms. The number of Topliss-reactive ketones (excluding diaryl/α,β-unsaturated/α-hetero) is 1. The van der Waals surface area contributed by atoms with Gasteiger partial charge in [0.05, 0.1) is 11.7 Å². The first-order valence-corrected chi connectivity index (χ1v) is 10.8. The molecule has 0 spiro atoms. The van der Waals surface area contributed by atoms with Crippen LogP contribution in [0, 0.1) is 11.7 Å². The van der Waals surface area contributed by atoms with Crippen molar-refractivity contribution in [1.82, 2.24) is 20.2 Å². The van der Waals surface area contributed by atoms with Gasteiger partial charge in [-0.15, -0.1) is 0 Å². The number of ketones is 1. The van der Waals surface area contributed by atoms with E-state index in [-0.39, 0.29) is 29.3 Å². The molecule has 2 atom stereocenters. The maximum atomic E-state index is 14.6. The van der Waals surface area contributed by atoms with E-state index in [1.807, 2.05) is 11.0 Å². The summed E-state index contributed by atoms with van der Waals surface area (Å²) in [5.41, 5.74) is 3.64. The normalized spacial score (nSPS) is 21.8. The van der Waals surface area contributed by atoms with Crippen molar-refractivity contribution in [2.75, 3.05) is 13.1 Å². The Morgan fingerprint density at radius 2 is 2.06 bits per heavy atom. The Labute approximate surface area is 185 Å². The van der Waals surface area contributed by atoms with Crippen molar-refractivity contribution in [3.8, 4) is 0 Å². The summed E-state index contributed by atoms with van der Waals surface area (Å²) in [5, 5.41) is 13.0. The van der Waals surface area contributed by atoms with Crippen LogP contribution in [0.25, 0.3) is 6.08 Å². The number of piperidine rings is 1. The molecule has 31 heavy (non-hydrogen) atoms. The summed E-state index contributed by atoms with van der Waals surface area (Å²) in [7, 11) is 0. The highest BCUT2D eigenvalue weighted by molar-refractivity contribution is 7.81. The van der Waals surface area contributed by atoms with Gasteiger partial charge < -0.3 is 0 Å². The van der Waals surface area contributed by atoms with Crippen molar-refractivity contribution in [2.24, 2.45) is 5.92 Å². The van der Waals surface area contributed by atoms with E-state index in [1.165, 1.54) is 10.7 Å². The Balaban J connectivity index is 1.58. The van der Waals surface area contributed by atoms with Crippen LogP contribution in [-0.4, -0.2) is 49.9 Å². The van der Waals surface area contributed by atoms with Gasteiger partial charge in [-0.2, -0.15) is 17.7 Å². The predicted molar refractivity (Wildman–Crippen MR) is 116 cm³/mol. The average Bonchev–Trinajstić information content (AvgIpc) is 3.53. The van der Waals surface area contributed by atoms with Crippen LogP contribution in [0.5, 0.6) is 0 Å². The molecule has 2 aromatic rings. The summed E-state index contributed by atoms with van der Waals surface area (Å²) < 4.78 is 16.0. The Bertz CT molecular complexity index is 1000. The molecule has 164 valence electrons. The molecular weight excluding hydrogens is 419 g/mol. The summed E-state index contributed by atoms with van der Waals surface area (Å²) >= 11 is 4.70. The van der Waals surface area contributed by atoms with E-state index in [1.54, 1.807) is 35.9 Å². The van der Waals surface area contributed by atoms with E-state index in [2.05, 4.69) is 5.10 Å². The lowest BCUT2D eigenvalue weighted by molar-refractivity contribution is -0.130. The summed E-state index contributed by atoms with van der Waals surface area (Å²) in [6, 6.07) is 7.66. The van der Waals surface area contributed by atoms with Crippen LogP contribution in [0.3, 0.4) is 0 Å². The smallest absolute Gasteiger partial charge is 0.265 e. The lowest BCUT2D eigenvalue weighted by Gasteiger charge is -2.37. The Morgan fingerprint density at radius 1 is 1.29 bits per heavy atom. The number of halogens is 1. The molecule has 4 rings (SSSR count). The predicted octanol–water partition coefficient (Wildman–Crippen LogP) is 2.64. The molecule has 1 saturated heterocycles. The van der Waals surface area contributed by atoms with Gasteiger partial charge in [0.15, 0.2) is 5.78 Å². The number of hydrogen-bond acceptors (Lipinski definition) is 6. The quantitative estimate of drug-likeness (QED) is 0.347. The molecule has 1 aromatic carbocycles. The molecule has 2 heterocycles. The second kappa shape index (κ2) is 9.33. The fourth-order valence-corrected chi connectivity index (χ4v) is 4.26. The zero-order valence-corrected chi connectivity index (χ0v) is 17.8. The molecule has 2 aliphatic rings. The van der Waals surface area contributed by atoms with E-state index in [0.717, 1.165) is 24.8 Å². The van der Waals surface area contributed by atoms with E-state index in [0.29, 0.717) is 24.3 Å². The van der Waals surface area contributed by atoms with Crippen molar-refractivity contribution >= 4 is 30.4 Å². The van der Waals surface area contributed by atoms with Crippen molar-refractivity contribution in [3.05, 3.63) is 59.2 Å². The first kappa shape index (κ1) is 21.7. The van der Waals surface area contributed by atoms with E-state index < -0.39 is 11.9 Å². The van der Waals surface area contributed by atoms with Gasteiger partial charge in [-0.05, 0) is 43.0 Å². The first-order chi connectivity index (χ1) is 15.0. The lowest BCUT2D eigenvalue weighted by atomic mass is 9.93. The minimum atomic E-state index is -0.608. The van der Waals surface area contributed by atoms with Gasteiger partial charge in [0.2, 0.25) is 0 Å². The van der Waals surface area contributed by atoms with Gasteiger partial charge in [-0.1, -0.05) is 18.2 Å². The number of hydrogen-bond donors (Lipinski definition) is 3. The number of rotatable bonds is 7. The summed E-state index contributed by atoms with van der Waals surface area (Å²) in [5.74, 6) is -0.828. The number of carbonyl (C=O) groups excluding carboxylic acids is 2. The second-order valence-corrected chi connectivity index (χ2v) is 8.69. The molecule has 0 radical (unpaired) electrons. The number of hydroxylamine groups is 1. The van der Waals surface area contributed by atoms with Crippen LogP contribution in [0.1, 0.15) is 36.6 Å².